The summed E-state index contributed by atoms with van der Waals surface area (Å²) in [6, 6.07) is 53.8. The molecule has 4 nitrogen and oxygen atoms in total. The van der Waals surface area contributed by atoms with Crippen molar-refractivity contribution in [1.29, 1.82) is 0 Å². The second-order valence-electron chi connectivity index (χ2n) is 10.5. The molecule has 0 aliphatic heterocycles. The molecule has 5 aromatic carbocycles. The van der Waals surface area contributed by atoms with E-state index >= 15 is 0 Å². The van der Waals surface area contributed by atoms with Crippen LogP contribution in [0.4, 0.5) is 0 Å². The van der Waals surface area contributed by atoms with Gasteiger partial charge in [-0.05, 0) is 66.9 Å². The summed E-state index contributed by atoms with van der Waals surface area (Å²) in [5.74, 6) is 0. The van der Waals surface area contributed by atoms with Crippen LogP contribution >= 0.6 is 25.5 Å². The Bertz CT molecular complexity index is 1290. The number of nitrogens with two attached hydrogens (primary N) is 3. The fourth-order valence-corrected chi connectivity index (χ4v) is 10.7. The maximum absolute atomic E-state index is 5.66. The van der Waals surface area contributed by atoms with Crippen molar-refractivity contribution < 1.29 is 35.2 Å². The van der Waals surface area contributed by atoms with Gasteiger partial charge in [-0.3, -0.25) is 0 Å². The average Bonchev–Trinajstić information content (AvgIpc) is 3.05. The maximum atomic E-state index is 5.66. The molecule has 5 aromatic rings. The van der Waals surface area contributed by atoms with E-state index in [2.05, 4.69) is 155 Å². The van der Waals surface area contributed by atoms with E-state index in [1.165, 1.54) is 31.8 Å². The van der Waals surface area contributed by atoms with Crippen LogP contribution in [0.15, 0.2) is 146 Å². The van der Waals surface area contributed by atoms with Crippen molar-refractivity contribution >= 4 is 57.4 Å². The monoisotopic (exact) mass is 765 g/mol. The van der Waals surface area contributed by atoms with Gasteiger partial charge in [0.1, 0.15) is 0 Å². The van der Waals surface area contributed by atoms with E-state index in [1.807, 2.05) is 17.3 Å². The SMILES string of the molecule is NC1CC(N)CC(N)C1.O.[Cl-].[Cl][Ru+].c1ccc(P(c2ccccc2)c2ccccc2P(c2ccccc2)c2ccccc2)cc1. The van der Waals surface area contributed by atoms with Gasteiger partial charge in [-0.1, -0.05) is 146 Å². The fraction of sp³-hybridized carbons (Fsp3) is 0.167. The molecule has 6 rings (SSSR count). The molecule has 9 heteroatoms. The smallest absolute Gasteiger partial charge is 0.00675 e. The molecule has 0 unspecified atom stereocenters. The molecule has 0 heterocycles. The zero-order valence-corrected chi connectivity index (χ0v) is 30.0. The maximum Gasteiger partial charge on any atom is -0.00675 e. The van der Waals surface area contributed by atoms with Gasteiger partial charge in [0.05, 0.1) is 0 Å². The van der Waals surface area contributed by atoms with Crippen molar-refractivity contribution in [3.8, 4) is 0 Å². The molecule has 0 atom stereocenters. The molecule has 8 N–H and O–H groups in total. The molecule has 0 spiro atoms. The van der Waals surface area contributed by atoms with Crippen LogP contribution in [0.25, 0.3) is 0 Å². The predicted molar refractivity (Wildman–Crippen MR) is 191 cm³/mol. The van der Waals surface area contributed by atoms with Gasteiger partial charge >= 0.3 is 27.0 Å². The summed E-state index contributed by atoms with van der Waals surface area (Å²) in [7, 11) is 3.24. The Labute approximate surface area is 291 Å². The first-order chi connectivity index (χ1) is 21.1. The summed E-state index contributed by atoms with van der Waals surface area (Å²) in [5.41, 5.74) is 17.0. The van der Waals surface area contributed by atoms with E-state index in [0.717, 1.165) is 19.3 Å². The summed E-state index contributed by atoms with van der Waals surface area (Å²) < 4.78 is 0. The van der Waals surface area contributed by atoms with E-state index in [0.29, 0.717) is 0 Å². The molecule has 1 aliphatic carbocycles. The molecule has 0 bridgehead atoms. The van der Waals surface area contributed by atoms with Gasteiger partial charge in [0, 0.05) is 18.1 Å². The van der Waals surface area contributed by atoms with Crippen LogP contribution in [0, 0.1) is 0 Å². The quantitative estimate of drug-likeness (QED) is 0.179. The van der Waals surface area contributed by atoms with Gasteiger partial charge in [0.25, 0.3) is 0 Å². The third-order valence-corrected chi connectivity index (χ3v) is 12.4. The Balaban J connectivity index is 0.000000467. The van der Waals surface area contributed by atoms with Crippen molar-refractivity contribution in [2.75, 3.05) is 0 Å². The first-order valence-electron chi connectivity index (χ1n) is 14.4. The predicted octanol–water partition coefficient (Wildman–Crippen LogP) is 1.22. The molecule has 45 heavy (non-hydrogen) atoms. The average molecular weight is 766 g/mol. The third kappa shape index (κ3) is 11.3. The minimum Gasteiger partial charge on any atom is -0.0622 e. The zero-order valence-electron chi connectivity index (χ0n) is 24.9. The number of hydrogen-bond donors (Lipinski definition) is 3. The van der Waals surface area contributed by atoms with E-state index in [9.17, 15) is 0 Å². The van der Waals surface area contributed by atoms with E-state index in [1.54, 1.807) is 0 Å². The summed E-state index contributed by atoms with van der Waals surface area (Å²) >= 11 is 1.82. The normalized spacial score (nSPS) is 17.0. The summed E-state index contributed by atoms with van der Waals surface area (Å²) in [6.45, 7) is 0. The van der Waals surface area contributed by atoms with Crippen LogP contribution in [-0.2, 0) is 17.3 Å². The summed E-state index contributed by atoms with van der Waals surface area (Å²) in [5, 5.41) is 8.43. The van der Waals surface area contributed by atoms with Crippen molar-refractivity contribution in [1.82, 2.24) is 0 Å². The van der Waals surface area contributed by atoms with Crippen molar-refractivity contribution in [2.24, 2.45) is 17.2 Å². The minimum absolute atomic E-state index is 0. The first kappa shape index (κ1) is 39.2. The Morgan fingerprint density at radius 3 is 0.844 bits per heavy atom. The van der Waals surface area contributed by atoms with Gasteiger partial charge in [0.2, 0.25) is 0 Å². The van der Waals surface area contributed by atoms with E-state index in [-0.39, 0.29) is 36.0 Å². The van der Waals surface area contributed by atoms with Crippen LogP contribution in [0.2, 0.25) is 0 Å². The fourth-order valence-electron chi connectivity index (χ4n) is 5.46. The van der Waals surface area contributed by atoms with Crippen LogP contribution < -0.4 is 61.4 Å². The Hall–Kier alpha value is -2.00. The van der Waals surface area contributed by atoms with Gasteiger partial charge in [-0.25, -0.2) is 0 Å². The standard InChI is InChI=1S/C30H24P2.C6H15N3.2ClH.H2O.Ru/c1-5-15-25(16-6-1)31(26-17-7-2-8-18-26)29-23-13-14-24-30(29)32(27-19-9-3-10-20-27)28-21-11-4-12-22-28;7-4-1-5(8)3-6(9)2-4;;;;/h1-24H;4-6H,1-3,7-9H2;2*1H;1H2;/q;;;;;+2/p-2. The molecular weight excluding hydrogens is 724 g/mol. The molecule has 1 fully saturated rings. The Morgan fingerprint density at radius 2 is 0.622 bits per heavy atom. The zero-order chi connectivity index (χ0) is 30.4. The largest absolute Gasteiger partial charge is 0.0622 e. The van der Waals surface area contributed by atoms with Gasteiger partial charge < -0.3 is 35.1 Å². The number of benzene rings is 5. The summed E-state index contributed by atoms with van der Waals surface area (Å²) in [4.78, 5) is 0. The van der Waals surface area contributed by atoms with Crippen LogP contribution in [-0.4, -0.2) is 23.6 Å². The number of halogens is 2. The van der Waals surface area contributed by atoms with E-state index in [4.69, 9.17) is 17.2 Å². The molecule has 0 radical (unpaired) electrons. The molecule has 1 aliphatic rings. The first-order valence-corrected chi connectivity index (χ1v) is 19.3. The Kier molecular flexibility index (Phi) is 18.3. The van der Waals surface area contributed by atoms with Crippen molar-refractivity contribution in [3.63, 3.8) is 0 Å². The molecule has 1 saturated carbocycles. The molecule has 0 saturated heterocycles. The van der Waals surface area contributed by atoms with Crippen molar-refractivity contribution in [2.45, 2.75) is 37.4 Å². The van der Waals surface area contributed by atoms with Gasteiger partial charge in [0.15, 0.2) is 0 Å². The van der Waals surface area contributed by atoms with Crippen LogP contribution in [0.1, 0.15) is 19.3 Å². The molecule has 0 amide bonds. The second kappa shape index (κ2) is 21.0. The molecular formula is C36H41Cl2N3OP2Ru. The third-order valence-electron chi connectivity index (χ3n) is 7.24. The topological polar surface area (TPSA) is 110 Å². The van der Waals surface area contributed by atoms with Crippen molar-refractivity contribution in [3.05, 3.63) is 146 Å². The van der Waals surface area contributed by atoms with Gasteiger partial charge in [-0.15, -0.1) is 0 Å². The van der Waals surface area contributed by atoms with Gasteiger partial charge in [-0.2, -0.15) is 0 Å². The second-order valence-corrected chi connectivity index (χ2v) is 14.9. The number of hydrogen-bond acceptors (Lipinski definition) is 3. The van der Waals surface area contributed by atoms with Crippen LogP contribution in [0.5, 0.6) is 0 Å². The number of rotatable bonds is 6. The molecule has 238 valence electrons. The van der Waals surface area contributed by atoms with Crippen LogP contribution in [0.3, 0.4) is 0 Å². The minimum atomic E-state index is -0.664. The Morgan fingerprint density at radius 1 is 0.422 bits per heavy atom. The van der Waals surface area contributed by atoms with E-state index < -0.39 is 15.8 Å². The summed E-state index contributed by atoms with van der Waals surface area (Å²) in [6.07, 6.45) is 2.81. The molecule has 0 aromatic heterocycles.